The molecule has 2 rings (SSSR count). The summed E-state index contributed by atoms with van der Waals surface area (Å²) in [6.07, 6.45) is 7.98. The molecule has 0 aromatic carbocycles. The maximum atomic E-state index is 11.7. The molecule has 0 saturated heterocycles. The molecule has 0 spiro atoms. The van der Waals surface area contributed by atoms with Crippen molar-refractivity contribution in [2.24, 2.45) is 0 Å². The van der Waals surface area contributed by atoms with E-state index in [-0.39, 0.29) is 5.91 Å². The summed E-state index contributed by atoms with van der Waals surface area (Å²) in [4.78, 5) is 19.7. The Balaban J connectivity index is 1.73. The molecular formula is C12H14N4O2. The van der Waals surface area contributed by atoms with Gasteiger partial charge in [-0.2, -0.15) is 0 Å². The van der Waals surface area contributed by atoms with Gasteiger partial charge in [-0.25, -0.2) is 4.98 Å². The summed E-state index contributed by atoms with van der Waals surface area (Å²) in [5, 5.41) is 6.40. The lowest BCUT2D eigenvalue weighted by atomic mass is 10.2. The maximum Gasteiger partial charge on any atom is 0.271 e. The molecule has 0 radical (unpaired) electrons. The number of amides is 1. The third-order valence-corrected chi connectivity index (χ3v) is 2.42. The quantitative estimate of drug-likeness (QED) is 0.800. The van der Waals surface area contributed by atoms with Gasteiger partial charge >= 0.3 is 0 Å². The van der Waals surface area contributed by atoms with Crippen LogP contribution in [-0.4, -0.2) is 27.6 Å². The van der Waals surface area contributed by atoms with Gasteiger partial charge in [0.15, 0.2) is 0 Å². The number of hydrogen-bond acceptors (Lipinski definition) is 5. The summed E-state index contributed by atoms with van der Waals surface area (Å²) >= 11 is 0. The average molecular weight is 246 g/mol. The van der Waals surface area contributed by atoms with Crippen molar-refractivity contribution in [1.82, 2.24) is 20.4 Å². The molecular weight excluding hydrogens is 232 g/mol. The van der Waals surface area contributed by atoms with E-state index in [1.807, 2.05) is 6.92 Å². The van der Waals surface area contributed by atoms with Crippen LogP contribution in [0.15, 0.2) is 29.4 Å². The number of carbonyl (C=O) groups excluding carboxylic acids is 1. The van der Waals surface area contributed by atoms with Crippen LogP contribution in [0, 0.1) is 6.92 Å². The molecule has 1 amide bonds. The van der Waals surface area contributed by atoms with E-state index in [1.54, 1.807) is 18.7 Å². The number of carbonyl (C=O) groups is 1. The van der Waals surface area contributed by atoms with Gasteiger partial charge in [-0.05, 0) is 19.8 Å². The van der Waals surface area contributed by atoms with Gasteiger partial charge < -0.3 is 9.84 Å². The number of hydrogen-bond donors (Lipinski definition) is 1. The van der Waals surface area contributed by atoms with Gasteiger partial charge in [0.05, 0.1) is 18.1 Å². The Morgan fingerprint density at radius 1 is 1.33 bits per heavy atom. The predicted octanol–water partition coefficient (Wildman–Crippen LogP) is 1.14. The van der Waals surface area contributed by atoms with Gasteiger partial charge in [0.25, 0.3) is 5.91 Å². The van der Waals surface area contributed by atoms with Crippen LogP contribution in [0.25, 0.3) is 0 Å². The highest BCUT2D eigenvalue weighted by molar-refractivity contribution is 5.91. The first-order valence-corrected chi connectivity index (χ1v) is 5.71. The molecule has 2 aromatic rings. The van der Waals surface area contributed by atoms with Crippen molar-refractivity contribution in [3.05, 3.63) is 41.8 Å². The second-order valence-corrected chi connectivity index (χ2v) is 3.94. The molecule has 18 heavy (non-hydrogen) atoms. The number of nitrogens with one attached hydrogen (secondary N) is 1. The van der Waals surface area contributed by atoms with Gasteiger partial charge in [0, 0.05) is 18.3 Å². The predicted molar refractivity (Wildman–Crippen MR) is 63.9 cm³/mol. The van der Waals surface area contributed by atoms with Crippen molar-refractivity contribution in [2.75, 3.05) is 6.54 Å². The first-order chi connectivity index (χ1) is 8.75. The van der Waals surface area contributed by atoms with E-state index in [2.05, 4.69) is 20.4 Å². The third kappa shape index (κ3) is 3.38. The van der Waals surface area contributed by atoms with Gasteiger partial charge in [-0.3, -0.25) is 9.78 Å². The van der Waals surface area contributed by atoms with Crippen molar-refractivity contribution in [1.29, 1.82) is 0 Å². The highest BCUT2D eigenvalue weighted by Gasteiger charge is 2.06. The van der Waals surface area contributed by atoms with Crippen LogP contribution >= 0.6 is 0 Å². The Morgan fingerprint density at radius 3 is 2.89 bits per heavy atom. The molecule has 0 aliphatic rings. The smallest absolute Gasteiger partial charge is 0.271 e. The largest absolute Gasteiger partial charge is 0.364 e. The van der Waals surface area contributed by atoms with Crippen LogP contribution in [0.3, 0.4) is 0 Å². The van der Waals surface area contributed by atoms with Gasteiger partial charge in [0.2, 0.25) is 0 Å². The average Bonchev–Trinajstić information content (AvgIpc) is 2.88. The van der Waals surface area contributed by atoms with Gasteiger partial charge in [-0.1, -0.05) is 5.16 Å². The first kappa shape index (κ1) is 12.2. The molecule has 2 heterocycles. The highest BCUT2D eigenvalue weighted by atomic mass is 16.5. The fraction of sp³-hybridized carbons (Fsp3) is 0.333. The molecule has 0 fully saturated rings. The number of rotatable bonds is 5. The molecule has 2 aromatic heterocycles. The molecule has 0 aliphatic carbocycles. The second kappa shape index (κ2) is 5.90. The summed E-state index contributed by atoms with van der Waals surface area (Å²) in [7, 11) is 0. The minimum absolute atomic E-state index is 0.201. The van der Waals surface area contributed by atoms with Crippen molar-refractivity contribution in [3.63, 3.8) is 0 Å². The molecule has 6 heteroatoms. The van der Waals surface area contributed by atoms with E-state index < -0.39 is 0 Å². The number of nitrogens with zero attached hydrogens (tertiary/aromatic N) is 3. The molecule has 0 saturated carbocycles. The molecule has 94 valence electrons. The zero-order valence-corrected chi connectivity index (χ0v) is 10.1. The topological polar surface area (TPSA) is 80.9 Å². The van der Waals surface area contributed by atoms with Crippen LogP contribution in [0.5, 0.6) is 0 Å². The molecule has 0 atom stereocenters. The number of aromatic nitrogens is 3. The van der Waals surface area contributed by atoms with Crippen LogP contribution in [0.4, 0.5) is 0 Å². The lowest BCUT2D eigenvalue weighted by Crippen LogP contribution is -2.25. The Bertz CT molecular complexity index is 493. The van der Waals surface area contributed by atoms with Crippen molar-refractivity contribution in [2.45, 2.75) is 19.8 Å². The van der Waals surface area contributed by atoms with Crippen molar-refractivity contribution < 1.29 is 9.32 Å². The van der Waals surface area contributed by atoms with Crippen LogP contribution < -0.4 is 5.32 Å². The fourth-order valence-corrected chi connectivity index (χ4v) is 1.44. The Hall–Kier alpha value is -2.24. The summed E-state index contributed by atoms with van der Waals surface area (Å²) in [6, 6.07) is 0. The summed E-state index contributed by atoms with van der Waals surface area (Å²) in [5.41, 5.74) is 2.16. The SMILES string of the molecule is Cc1cnc(C(=O)NCCCc2cnoc2)cn1. The summed E-state index contributed by atoms with van der Waals surface area (Å²) in [5.74, 6) is -0.201. The zero-order chi connectivity index (χ0) is 12.8. The third-order valence-electron chi connectivity index (χ3n) is 2.42. The van der Waals surface area contributed by atoms with E-state index in [1.165, 1.54) is 6.20 Å². The zero-order valence-electron chi connectivity index (χ0n) is 10.1. The van der Waals surface area contributed by atoms with Gasteiger partial charge in [0.1, 0.15) is 12.0 Å². The van der Waals surface area contributed by atoms with Crippen molar-refractivity contribution >= 4 is 5.91 Å². The minimum atomic E-state index is -0.201. The number of aryl methyl sites for hydroxylation is 2. The second-order valence-electron chi connectivity index (χ2n) is 3.94. The van der Waals surface area contributed by atoms with E-state index in [0.29, 0.717) is 12.2 Å². The maximum absolute atomic E-state index is 11.7. The van der Waals surface area contributed by atoms with Gasteiger partial charge in [-0.15, -0.1) is 0 Å². The molecule has 0 unspecified atom stereocenters. The highest BCUT2D eigenvalue weighted by Crippen LogP contribution is 2.00. The molecule has 0 bridgehead atoms. The standard InChI is InChI=1S/C12H14N4O2/c1-9-5-15-11(7-14-9)12(17)13-4-2-3-10-6-16-18-8-10/h5-8H,2-4H2,1H3,(H,13,17). The summed E-state index contributed by atoms with van der Waals surface area (Å²) in [6.45, 7) is 2.41. The van der Waals surface area contributed by atoms with E-state index in [9.17, 15) is 4.79 Å². The molecule has 0 aliphatic heterocycles. The Kier molecular flexibility index (Phi) is 4.01. The van der Waals surface area contributed by atoms with E-state index in [4.69, 9.17) is 4.52 Å². The molecule has 6 nitrogen and oxygen atoms in total. The lowest BCUT2D eigenvalue weighted by molar-refractivity contribution is 0.0948. The van der Waals surface area contributed by atoms with Crippen LogP contribution in [0.1, 0.15) is 28.2 Å². The van der Waals surface area contributed by atoms with E-state index >= 15 is 0 Å². The van der Waals surface area contributed by atoms with Crippen LogP contribution in [0.2, 0.25) is 0 Å². The van der Waals surface area contributed by atoms with Crippen molar-refractivity contribution in [3.8, 4) is 0 Å². The summed E-state index contributed by atoms with van der Waals surface area (Å²) < 4.78 is 4.72. The minimum Gasteiger partial charge on any atom is -0.364 e. The lowest BCUT2D eigenvalue weighted by Gasteiger charge is -2.03. The monoisotopic (exact) mass is 246 g/mol. The normalized spacial score (nSPS) is 10.3. The molecule has 1 N–H and O–H groups in total. The fourth-order valence-electron chi connectivity index (χ4n) is 1.44. The van der Waals surface area contributed by atoms with E-state index in [0.717, 1.165) is 24.1 Å². The Labute approximate surface area is 104 Å². The van der Waals surface area contributed by atoms with Crippen LogP contribution in [-0.2, 0) is 6.42 Å². The Morgan fingerprint density at radius 2 is 2.22 bits per heavy atom. The first-order valence-electron chi connectivity index (χ1n) is 5.71.